The molecule has 5 nitrogen and oxygen atoms in total. The van der Waals surface area contributed by atoms with Crippen LogP contribution in [-0.4, -0.2) is 40.0 Å². The second-order valence-electron chi connectivity index (χ2n) is 5.55. The zero-order valence-corrected chi connectivity index (χ0v) is 12.4. The highest BCUT2D eigenvalue weighted by Gasteiger charge is 2.29. The number of likely N-dealkylation sites (N-methyl/N-ethyl adjacent to an activating group) is 1. The highest BCUT2D eigenvalue weighted by molar-refractivity contribution is 5.83. The van der Waals surface area contributed by atoms with Gasteiger partial charge in [0.1, 0.15) is 0 Å². The van der Waals surface area contributed by atoms with Crippen molar-refractivity contribution in [2.24, 2.45) is 0 Å². The number of rotatable bonds is 4. The molecule has 3 rings (SSSR count). The highest BCUT2D eigenvalue weighted by atomic mass is 16.2. The molecule has 2 aromatic rings. The molecule has 5 heteroatoms. The second-order valence-corrected chi connectivity index (χ2v) is 5.55. The molecule has 1 aliphatic rings. The predicted molar refractivity (Wildman–Crippen MR) is 81.2 cm³/mol. The van der Waals surface area contributed by atoms with E-state index in [0.29, 0.717) is 0 Å². The summed E-state index contributed by atoms with van der Waals surface area (Å²) in [6, 6.07) is 8.36. The van der Waals surface area contributed by atoms with Gasteiger partial charge in [0, 0.05) is 37.7 Å². The number of carbonyl (C=O) groups excluding carboxylic acids is 1. The minimum absolute atomic E-state index is 0.0677. The van der Waals surface area contributed by atoms with Crippen molar-refractivity contribution in [2.75, 3.05) is 13.6 Å². The Labute approximate surface area is 124 Å². The molecular formula is C16H20N4O. The average Bonchev–Trinajstić information content (AvgIpc) is 3.13. The van der Waals surface area contributed by atoms with Crippen molar-refractivity contribution in [3.05, 3.63) is 48.5 Å². The van der Waals surface area contributed by atoms with E-state index >= 15 is 0 Å². The Bertz CT molecular complexity index is 623. The first-order chi connectivity index (χ1) is 10.1. The molecule has 2 atom stereocenters. The first-order valence-electron chi connectivity index (χ1n) is 7.24. The van der Waals surface area contributed by atoms with Gasteiger partial charge in [-0.3, -0.25) is 10.1 Å². The summed E-state index contributed by atoms with van der Waals surface area (Å²) in [5, 5.41) is 3.43. The smallest absolute Gasteiger partial charge is 0.239 e. The summed E-state index contributed by atoms with van der Waals surface area (Å²) in [6.07, 6.45) is 6.35. The second kappa shape index (κ2) is 5.69. The van der Waals surface area contributed by atoms with Crippen LogP contribution in [0.2, 0.25) is 0 Å². The predicted octanol–water partition coefficient (Wildman–Crippen LogP) is 1.75. The van der Waals surface area contributed by atoms with E-state index in [9.17, 15) is 4.79 Å². The maximum atomic E-state index is 12.0. The van der Waals surface area contributed by atoms with Crippen molar-refractivity contribution in [1.82, 2.24) is 19.8 Å². The summed E-state index contributed by atoms with van der Waals surface area (Å²) >= 11 is 0. The maximum Gasteiger partial charge on any atom is 0.239 e. The van der Waals surface area contributed by atoms with E-state index < -0.39 is 0 Å². The number of nitrogens with one attached hydrogen (secondary N) is 1. The minimum atomic E-state index is -0.0677. The van der Waals surface area contributed by atoms with Crippen LogP contribution in [0.3, 0.4) is 0 Å². The fraction of sp³-hybridized carbons (Fsp3) is 0.375. The summed E-state index contributed by atoms with van der Waals surface area (Å²) in [6.45, 7) is 2.93. The van der Waals surface area contributed by atoms with Crippen molar-refractivity contribution >= 4 is 5.91 Å². The van der Waals surface area contributed by atoms with Gasteiger partial charge in [-0.25, -0.2) is 4.98 Å². The summed E-state index contributed by atoms with van der Waals surface area (Å²) < 4.78 is 1.98. The topological polar surface area (TPSA) is 50.2 Å². The van der Waals surface area contributed by atoms with Gasteiger partial charge in [-0.1, -0.05) is 12.1 Å². The van der Waals surface area contributed by atoms with E-state index in [1.165, 1.54) is 5.56 Å². The van der Waals surface area contributed by atoms with Crippen molar-refractivity contribution in [3.63, 3.8) is 0 Å². The van der Waals surface area contributed by atoms with Gasteiger partial charge in [0.25, 0.3) is 0 Å². The fourth-order valence-corrected chi connectivity index (χ4v) is 2.74. The highest BCUT2D eigenvalue weighted by Crippen LogP contribution is 2.19. The normalized spacial score (nSPS) is 20.0. The number of carbonyl (C=O) groups is 1. The number of imidazole rings is 1. The molecule has 21 heavy (non-hydrogen) atoms. The number of aromatic nitrogens is 2. The molecule has 0 saturated carbocycles. The van der Waals surface area contributed by atoms with Gasteiger partial charge < -0.3 is 9.47 Å². The van der Waals surface area contributed by atoms with E-state index in [1.807, 2.05) is 29.9 Å². The van der Waals surface area contributed by atoms with E-state index in [0.717, 1.165) is 18.7 Å². The molecule has 1 aliphatic heterocycles. The molecule has 1 N–H and O–H groups in total. The lowest BCUT2D eigenvalue weighted by molar-refractivity contribution is -0.128. The van der Waals surface area contributed by atoms with E-state index in [1.54, 1.807) is 17.4 Å². The quantitative estimate of drug-likeness (QED) is 0.930. The average molecular weight is 284 g/mol. The summed E-state index contributed by atoms with van der Waals surface area (Å²) in [5.41, 5.74) is 2.25. The van der Waals surface area contributed by atoms with Gasteiger partial charge >= 0.3 is 0 Å². The first-order valence-corrected chi connectivity index (χ1v) is 7.24. The van der Waals surface area contributed by atoms with E-state index in [2.05, 4.69) is 29.4 Å². The van der Waals surface area contributed by atoms with Crippen LogP contribution in [0.1, 0.15) is 24.9 Å². The van der Waals surface area contributed by atoms with Gasteiger partial charge in [-0.05, 0) is 31.0 Å². The Morgan fingerprint density at radius 2 is 2.29 bits per heavy atom. The number of amides is 1. The molecule has 0 spiro atoms. The van der Waals surface area contributed by atoms with Gasteiger partial charge in [0.15, 0.2) is 0 Å². The number of benzene rings is 1. The molecule has 1 fully saturated rings. The summed E-state index contributed by atoms with van der Waals surface area (Å²) in [5.74, 6) is 0.188. The molecule has 0 aliphatic carbocycles. The van der Waals surface area contributed by atoms with Gasteiger partial charge in [-0.15, -0.1) is 0 Å². The van der Waals surface area contributed by atoms with Crippen molar-refractivity contribution in [2.45, 2.75) is 25.4 Å². The maximum absolute atomic E-state index is 12.0. The first kappa shape index (κ1) is 13.8. The van der Waals surface area contributed by atoms with Crippen LogP contribution in [0.5, 0.6) is 0 Å². The van der Waals surface area contributed by atoms with Crippen LogP contribution >= 0.6 is 0 Å². The third-order valence-electron chi connectivity index (χ3n) is 4.05. The molecule has 1 aromatic carbocycles. The molecule has 2 heterocycles. The fourth-order valence-electron chi connectivity index (χ4n) is 2.74. The lowest BCUT2D eigenvalue weighted by Crippen LogP contribution is -2.38. The molecule has 1 saturated heterocycles. The Morgan fingerprint density at radius 1 is 1.43 bits per heavy atom. The monoisotopic (exact) mass is 284 g/mol. The number of hydrogen-bond donors (Lipinski definition) is 1. The minimum Gasteiger partial charge on any atom is -0.344 e. The Morgan fingerprint density at radius 3 is 2.95 bits per heavy atom. The zero-order valence-electron chi connectivity index (χ0n) is 12.4. The van der Waals surface area contributed by atoms with Crippen LogP contribution in [0.4, 0.5) is 0 Å². The van der Waals surface area contributed by atoms with Crippen LogP contribution in [0, 0.1) is 0 Å². The molecule has 1 amide bonds. The molecule has 0 bridgehead atoms. The molecular weight excluding hydrogens is 264 g/mol. The number of nitrogens with zero attached hydrogens (tertiary/aromatic N) is 3. The van der Waals surface area contributed by atoms with E-state index in [4.69, 9.17) is 0 Å². The number of likely N-dealkylation sites (tertiary alicyclic amines) is 1. The largest absolute Gasteiger partial charge is 0.344 e. The third-order valence-corrected chi connectivity index (χ3v) is 4.05. The standard InChI is InChI=1S/C16H20N4O/c1-12(18-15-6-8-19(2)16(15)21)13-4-3-5-14(10-13)20-9-7-17-11-20/h3-5,7,9-12,15,18H,6,8H2,1-2H3. The van der Waals surface area contributed by atoms with Gasteiger partial charge in [0.05, 0.1) is 12.4 Å². The number of hydrogen-bond acceptors (Lipinski definition) is 3. The lowest BCUT2D eigenvalue weighted by atomic mass is 10.1. The Balaban J connectivity index is 1.74. The zero-order chi connectivity index (χ0) is 14.8. The van der Waals surface area contributed by atoms with Crippen molar-refractivity contribution in [3.8, 4) is 5.69 Å². The van der Waals surface area contributed by atoms with Gasteiger partial charge in [-0.2, -0.15) is 0 Å². The SMILES string of the molecule is CC(NC1CCN(C)C1=O)c1cccc(-n2ccnc2)c1. The van der Waals surface area contributed by atoms with Gasteiger partial charge in [0.2, 0.25) is 5.91 Å². The molecule has 0 radical (unpaired) electrons. The van der Waals surface area contributed by atoms with Crippen LogP contribution in [-0.2, 0) is 4.79 Å². The molecule has 1 aromatic heterocycles. The lowest BCUT2D eigenvalue weighted by Gasteiger charge is -2.19. The Hall–Kier alpha value is -2.14. The summed E-state index contributed by atoms with van der Waals surface area (Å²) in [4.78, 5) is 17.8. The van der Waals surface area contributed by atoms with Crippen molar-refractivity contribution < 1.29 is 4.79 Å². The molecule has 2 unspecified atom stereocenters. The Kier molecular flexibility index (Phi) is 3.75. The van der Waals surface area contributed by atoms with Crippen LogP contribution in [0.15, 0.2) is 43.0 Å². The van der Waals surface area contributed by atoms with Crippen LogP contribution < -0.4 is 5.32 Å². The van der Waals surface area contributed by atoms with Crippen molar-refractivity contribution in [1.29, 1.82) is 0 Å². The van der Waals surface area contributed by atoms with E-state index in [-0.39, 0.29) is 18.0 Å². The molecule has 110 valence electrons. The summed E-state index contributed by atoms with van der Waals surface area (Å²) in [7, 11) is 1.86. The third kappa shape index (κ3) is 2.83. The van der Waals surface area contributed by atoms with Crippen LogP contribution in [0.25, 0.3) is 5.69 Å².